The minimum Gasteiger partial charge on any atom is -0.497 e. The summed E-state index contributed by atoms with van der Waals surface area (Å²) in [6.45, 7) is 0. The van der Waals surface area contributed by atoms with Crippen molar-refractivity contribution in [3.63, 3.8) is 0 Å². The number of carbonyl (C=O) groups excluding carboxylic acids is 1. The van der Waals surface area contributed by atoms with E-state index in [-0.39, 0.29) is 5.91 Å². The molecule has 1 aromatic heterocycles. The second-order valence-electron chi connectivity index (χ2n) is 5.41. The smallest absolute Gasteiger partial charge is 0.236 e. The third-order valence-corrected chi connectivity index (χ3v) is 5.85. The maximum atomic E-state index is 12.1. The maximum Gasteiger partial charge on any atom is 0.236 e. The van der Waals surface area contributed by atoms with Crippen LogP contribution in [0.4, 0.5) is 5.13 Å². The number of benzene rings is 2. The first kappa shape index (κ1) is 18.8. The van der Waals surface area contributed by atoms with Gasteiger partial charge in [-0.3, -0.25) is 4.79 Å². The summed E-state index contributed by atoms with van der Waals surface area (Å²) >= 11 is 9.12. The third-order valence-electron chi connectivity index (χ3n) is 3.55. The van der Waals surface area contributed by atoms with Gasteiger partial charge >= 0.3 is 0 Å². The first-order valence-corrected chi connectivity index (χ1v) is 10.1. The Bertz CT molecular complexity index is 881. The van der Waals surface area contributed by atoms with E-state index in [0.29, 0.717) is 17.3 Å². The first-order valence-electron chi connectivity index (χ1n) is 7.89. The van der Waals surface area contributed by atoms with Crippen molar-refractivity contribution in [2.75, 3.05) is 18.2 Å². The van der Waals surface area contributed by atoms with E-state index in [1.807, 2.05) is 48.5 Å². The lowest BCUT2D eigenvalue weighted by Gasteiger charge is -2.04. The summed E-state index contributed by atoms with van der Waals surface area (Å²) in [6, 6.07) is 15.3. The number of rotatable bonds is 7. The van der Waals surface area contributed by atoms with Gasteiger partial charge in [-0.15, -0.1) is 23.1 Å². The monoisotopic (exact) mass is 404 g/mol. The number of thioether (sulfide) groups is 1. The van der Waals surface area contributed by atoms with Gasteiger partial charge in [-0.25, -0.2) is 4.98 Å². The molecule has 0 aliphatic heterocycles. The van der Waals surface area contributed by atoms with E-state index in [4.69, 9.17) is 16.3 Å². The number of methoxy groups -OCH3 is 1. The number of halogens is 1. The summed E-state index contributed by atoms with van der Waals surface area (Å²) in [4.78, 5) is 18.5. The molecule has 26 heavy (non-hydrogen) atoms. The van der Waals surface area contributed by atoms with Gasteiger partial charge in [0.15, 0.2) is 5.13 Å². The van der Waals surface area contributed by atoms with Gasteiger partial charge in [-0.05, 0) is 35.9 Å². The average Bonchev–Trinajstić information content (AvgIpc) is 3.09. The molecule has 3 rings (SSSR count). The zero-order valence-electron chi connectivity index (χ0n) is 14.1. The van der Waals surface area contributed by atoms with Crippen molar-refractivity contribution in [2.24, 2.45) is 0 Å². The van der Waals surface area contributed by atoms with E-state index in [0.717, 1.165) is 26.1 Å². The molecule has 0 atom stereocenters. The van der Waals surface area contributed by atoms with E-state index in [1.165, 1.54) is 23.1 Å². The predicted octanol–water partition coefficient (Wildman–Crippen LogP) is 5.13. The van der Waals surface area contributed by atoms with Crippen LogP contribution < -0.4 is 10.1 Å². The van der Waals surface area contributed by atoms with E-state index in [2.05, 4.69) is 10.3 Å². The van der Waals surface area contributed by atoms with Crippen LogP contribution in [-0.4, -0.2) is 23.8 Å². The van der Waals surface area contributed by atoms with Crippen molar-refractivity contribution >= 4 is 45.7 Å². The van der Waals surface area contributed by atoms with Crippen molar-refractivity contribution in [1.82, 2.24) is 4.98 Å². The molecule has 0 bridgehead atoms. The fraction of sp³-hybridized carbons (Fsp3) is 0.158. The summed E-state index contributed by atoms with van der Waals surface area (Å²) in [5.74, 6) is 1.04. The van der Waals surface area contributed by atoms with Gasteiger partial charge in [0.25, 0.3) is 0 Å². The fourth-order valence-corrected chi connectivity index (χ4v) is 4.01. The molecule has 0 aliphatic rings. The molecule has 134 valence electrons. The number of aromatic nitrogens is 1. The quantitative estimate of drug-likeness (QED) is 0.555. The highest BCUT2D eigenvalue weighted by Crippen LogP contribution is 2.25. The summed E-state index contributed by atoms with van der Waals surface area (Å²) in [6.07, 6.45) is 2.48. The van der Waals surface area contributed by atoms with Crippen molar-refractivity contribution < 1.29 is 9.53 Å². The molecule has 0 fully saturated rings. The highest BCUT2D eigenvalue weighted by molar-refractivity contribution is 8.00. The first-order chi connectivity index (χ1) is 12.6. The number of hydrogen-bond acceptors (Lipinski definition) is 5. The van der Waals surface area contributed by atoms with E-state index in [1.54, 1.807) is 13.3 Å². The number of hydrogen-bond donors (Lipinski definition) is 1. The number of carbonyl (C=O) groups is 1. The Labute approximate surface area is 165 Å². The number of nitrogens with zero attached hydrogens (tertiary/aromatic N) is 1. The van der Waals surface area contributed by atoms with Crippen LogP contribution in [0.3, 0.4) is 0 Å². The molecule has 7 heteroatoms. The van der Waals surface area contributed by atoms with Crippen LogP contribution in [0.25, 0.3) is 0 Å². The van der Waals surface area contributed by atoms with Gasteiger partial charge in [-0.1, -0.05) is 29.8 Å². The van der Waals surface area contributed by atoms with Crippen LogP contribution in [0.1, 0.15) is 10.4 Å². The van der Waals surface area contributed by atoms with E-state index in [9.17, 15) is 4.79 Å². The number of amides is 1. The molecular weight excluding hydrogens is 388 g/mol. The Kier molecular flexibility index (Phi) is 6.55. The summed E-state index contributed by atoms with van der Waals surface area (Å²) in [5.41, 5.74) is 1.05. The standard InChI is InChI=1S/C19H17ClN2O2S2/c1-24-14-6-8-15(9-7-14)25-12-18(23)22-19-21-11-16(26-19)10-13-4-2-3-5-17(13)20/h2-9,11H,10,12H2,1H3,(H,21,22,23). The molecule has 4 nitrogen and oxygen atoms in total. The van der Waals surface area contributed by atoms with Crippen LogP contribution >= 0.6 is 34.7 Å². The second-order valence-corrected chi connectivity index (χ2v) is 7.98. The Balaban J connectivity index is 1.51. The molecule has 0 unspecified atom stereocenters. The molecule has 1 amide bonds. The van der Waals surface area contributed by atoms with Crippen LogP contribution in [0.2, 0.25) is 5.02 Å². The average molecular weight is 405 g/mol. The van der Waals surface area contributed by atoms with Gasteiger partial charge in [-0.2, -0.15) is 0 Å². The third kappa shape index (κ3) is 5.24. The Morgan fingerprint density at radius 1 is 1.23 bits per heavy atom. The van der Waals surface area contributed by atoms with Crippen LogP contribution in [-0.2, 0) is 11.2 Å². The number of ether oxygens (including phenoxy) is 1. The molecular formula is C19H17ClN2O2S2. The SMILES string of the molecule is COc1ccc(SCC(=O)Nc2ncc(Cc3ccccc3Cl)s2)cc1. The van der Waals surface area contributed by atoms with Crippen molar-refractivity contribution in [3.8, 4) is 5.75 Å². The predicted molar refractivity (Wildman–Crippen MR) is 109 cm³/mol. The molecule has 1 N–H and O–H groups in total. The minimum absolute atomic E-state index is 0.0792. The fourth-order valence-electron chi connectivity index (χ4n) is 2.25. The van der Waals surface area contributed by atoms with Crippen molar-refractivity contribution in [1.29, 1.82) is 0 Å². The molecule has 0 radical (unpaired) electrons. The van der Waals surface area contributed by atoms with E-state index >= 15 is 0 Å². The highest BCUT2D eigenvalue weighted by Gasteiger charge is 2.09. The van der Waals surface area contributed by atoms with Crippen molar-refractivity contribution in [3.05, 3.63) is 70.2 Å². The summed E-state index contributed by atoms with van der Waals surface area (Å²) in [7, 11) is 1.63. The topological polar surface area (TPSA) is 51.2 Å². The molecule has 0 aliphatic carbocycles. The zero-order valence-corrected chi connectivity index (χ0v) is 16.5. The number of nitrogens with one attached hydrogen (secondary N) is 1. The zero-order chi connectivity index (χ0) is 18.4. The van der Waals surface area contributed by atoms with Crippen LogP contribution in [0, 0.1) is 0 Å². The van der Waals surface area contributed by atoms with Gasteiger partial charge in [0.1, 0.15) is 5.75 Å². The van der Waals surface area contributed by atoms with Crippen molar-refractivity contribution in [2.45, 2.75) is 11.3 Å². The minimum atomic E-state index is -0.0792. The van der Waals surface area contributed by atoms with Gasteiger partial charge in [0.05, 0.1) is 12.9 Å². The summed E-state index contributed by atoms with van der Waals surface area (Å²) in [5, 5.41) is 4.19. The number of thiazole rings is 1. The molecule has 1 heterocycles. The normalized spacial score (nSPS) is 10.5. The molecule has 0 spiro atoms. The van der Waals surface area contributed by atoms with Gasteiger partial charge < -0.3 is 10.1 Å². The molecule has 3 aromatic rings. The summed E-state index contributed by atoms with van der Waals surface area (Å²) < 4.78 is 5.12. The van der Waals surface area contributed by atoms with E-state index < -0.39 is 0 Å². The lowest BCUT2D eigenvalue weighted by atomic mass is 10.1. The van der Waals surface area contributed by atoms with Crippen LogP contribution in [0.15, 0.2) is 59.6 Å². The Morgan fingerprint density at radius 2 is 2.00 bits per heavy atom. The highest BCUT2D eigenvalue weighted by atomic mass is 35.5. The second kappa shape index (κ2) is 9.07. The molecule has 0 saturated carbocycles. The molecule has 0 saturated heterocycles. The largest absolute Gasteiger partial charge is 0.497 e. The van der Waals surface area contributed by atoms with Gasteiger partial charge in [0.2, 0.25) is 5.91 Å². The number of anilines is 1. The Morgan fingerprint density at radius 3 is 2.73 bits per heavy atom. The lowest BCUT2D eigenvalue weighted by molar-refractivity contribution is -0.113. The van der Waals surface area contributed by atoms with Crippen LogP contribution in [0.5, 0.6) is 5.75 Å². The molecule has 2 aromatic carbocycles. The van der Waals surface area contributed by atoms with Gasteiger partial charge in [0, 0.05) is 27.4 Å². The Hall–Kier alpha value is -2.02. The maximum absolute atomic E-state index is 12.1. The lowest BCUT2D eigenvalue weighted by Crippen LogP contribution is -2.13.